The van der Waals surface area contributed by atoms with Gasteiger partial charge in [-0.25, -0.2) is 0 Å². The van der Waals surface area contributed by atoms with E-state index in [1.54, 1.807) is 0 Å². The fourth-order valence-electron chi connectivity index (χ4n) is 2.91. The van der Waals surface area contributed by atoms with Crippen LogP contribution in [-0.2, 0) is 0 Å². The average Bonchev–Trinajstić information content (AvgIpc) is 2.55. The topological polar surface area (TPSA) is 3.24 Å². The van der Waals surface area contributed by atoms with Gasteiger partial charge < -0.3 is 4.90 Å². The van der Waals surface area contributed by atoms with E-state index in [1.807, 2.05) is 0 Å². The van der Waals surface area contributed by atoms with E-state index in [0.717, 1.165) is 6.04 Å². The molecule has 1 aliphatic carbocycles. The van der Waals surface area contributed by atoms with Crippen molar-refractivity contribution in [3.05, 3.63) is 0 Å². The Morgan fingerprint density at radius 2 is 1.15 bits per heavy atom. The third-order valence-corrected chi connectivity index (χ3v) is 3.73. The Hall–Kier alpha value is -0.0400. The molecule has 0 bridgehead atoms. The Balaban J connectivity index is 1.80. The molecule has 1 heteroatoms. The predicted octanol–water partition coefficient (Wildman–Crippen LogP) is 3.20. The minimum absolute atomic E-state index is 0.970. The third-order valence-electron chi connectivity index (χ3n) is 3.73. The number of hydrogen-bond donors (Lipinski definition) is 0. The third kappa shape index (κ3) is 2.70. The molecular weight excluding hydrogens is 158 g/mol. The van der Waals surface area contributed by atoms with Crippen molar-refractivity contribution >= 4 is 0 Å². The van der Waals surface area contributed by atoms with Gasteiger partial charge >= 0.3 is 0 Å². The van der Waals surface area contributed by atoms with Crippen LogP contribution in [0, 0.1) is 0 Å². The van der Waals surface area contributed by atoms with Crippen molar-refractivity contribution in [1.82, 2.24) is 4.90 Å². The van der Waals surface area contributed by atoms with Crippen LogP contribution in [0.1, 0.15) is 57.8 Å². The average molecular weight is 181 g/mol. The molecule has 0 spiro atoms. The van der Waals surface area contributed by atoms with E-state index < -0.39 is 0 Å². The molecule has 1 nitrogen and oxygen atoms in total. The van der Waals surface area contributed by atoms with E-state index in [-0.39, 0.29) is 0 Å². The van der Waals surface area contributed by atoms with Gasteiger partial charge in [0.25, 0.3) is 0 Å². The second-order valence-corrected chi connectivity index (χ2v) is 4.74. The van der Waals surface area contributed by atoms with Crippen molar-refractivity contribution in [3.63, 3.8) is 0 Å². The molecule has 1 saturated heterocycles. The van der Waals surface area contributed by atoms with Gasteiger partial charge in [-0.2, -0.15) is 0 Å². The lowest BCUT2D eigenvalue weighted by Crippen LogP contribution is -2.35. The lowest BCUT2D eigenvalue weighted by Gasteiger charge is -2.30. The number of rotatable bonds is 1. The molecule has 0 aromatic rings. The quantitative estimate of drug-likeness (QED) is 0.600. The van der Waals surface area contributed by atoms with Crippen molar-refractivity contribution in [2.75, 3.05) is 13.1 Å². The molecule has 0 aromatic heterocycles. The van der Waals surface area contributed by atoms with Crippen molar-refractivity contribution in [1.29, 1.82) is 0 Å². The molecule has 13 heavy (non-hydrogen) atoms. The molecule has 1 heterocycles. The van der Waals surface area contributed by atoms with Crippen LogP contribution in [0.15, 0.2) is 0 Å². The van der Waals surface area contributed by atoms with Crippen LogP contribution in [0.5, 0.6) is 0 Å². The van der Waals surface area contributed by atoms with Gasteiger partial charge in [-0.3, -0.25) is 0 Å². The molecule has 0 radical (unpaired) electrons. The zero-order valence-electron chi connectivity index (χ0n) is 8.80. The lowest BCUT2D eigenvalue weighted by atomic mass is 10.1. The number of nitrogens with zero attached hydrogens (tertiary/aromatic N) is 1. The summed E-state index contributed by atoms with van der Waals surface area (Å²) in [6.07, 6.45) is 13.3. The van der Waals surface area contributed by atoms with Crippen LogP contribution in [0.25, 0.3) is 0 Å². The van der Waals surface area contributed by atoms with E-state index in [0.29, 0.717) is 0 Å². The highest BCUT2D eigenvalue weighted by atomic mass is 15.2. The van der Waals surface area contributed by atoms with Gasteiger partial charge in [0.05, 0.1) is 0 Å². The second-order valence-electron chi connectivity index (χ2n) is 4.74. The van der Waals surface area contributed by atoms with Gasteiger partial charge in [-0.15, -0.1) is 0 Å². The van der Waals surface area contributed by atoms with Crippen LogP contribution in [-0.4, -0.2) is 24.0 Å². The number of hydrogen-bond acceptors (Lipinski definition) is 1. The van der Waals surface area contributed by atoms with E-state index in [1.165, 1.54) is 70.9 Å². The van der Waals surface area contributed by atoms with Gasteiger partial charge in [-0.05, 0) is 38.8 Å². The Labute approximate surface area is 82.5 Å². The van der Waals surface area contributed by atoms with E-state index in [9.17, 15) is 0 Å². The van der Waals surface area contributed by atoms with Crippen molar-refractivity contribution < 1.29 is 0 Å². The summed E-state index contributed by atoms with van der Waals surface area (Å²) in [6.45, 7) is 2.79. The van der Waals surface area contributed by atoms with Gasteiger partial charge in [0.2, 0.25) is 0 Å². The maximum absolute atomic E-state index is 2.78. The summed E-state index contributed by atoms with van der Waals surface area (Å²) in [5.41, 5.74) is 0. The molecule has 1 saturated carbocycles. The predicted molar refractivity (Wildman–Crippen MR) is 56.9 cm³/mol. The van der Waals surface area contributed by atoms with Gasteiger partial charge in [-0.1, -0.05) is 32.1 Å². The highest BCUT2D eigenvalue weighted by Crippen LogP contribution is 2.25. The molecule has 2 rings (SSSR count). The smallest absolute Gasteiger partial charge is 0.00952 e. The summed E-state index contributed by atoms with van der Waals surface area (Å²) in [7, 11) is 0. The maximum atomic E-state index is 2.78. The summed E-state index contributed by atoms with van der Waals surface area (Å²) in [6, 6.07) is 0.970. The Morgan fingerprint density at radius 1 is 0.615 bits per heavy atom. The summed E-state index contributed by atoms with van der Waals surface area (Å²) >= 11 is 0. The molecular formula is C12H23N. The van der Waals surface area contributed by atoms with Crippen molar-refractivity contribution in [2.24, 2.45) is 0 Å². The van der Waals surface area contributed by atoms with E-state index >= 15 is 0 Å². The van der Waals surface area contributed by atoms with Crippen LogP contribution in [0.3, 0.4) is 0 Å². The van der Waals surface area contributed by atoms with Crippen LogP contribution >= 0.6 is 0 Å². The Morgan fingerprint density at radius 3 is 1.77 bits per heavy atom. The fraction of sp³-hybridized carbons (Fsp3) is 1.00. The summed E-state index contributed by atoms with van der Waals surface area (Å²) in [5.74, 6) is 0. The van der Waals surface area contributed by atoms with Gasteiger partial charge in [0, 0.05) is 6.04 Å². The molecule has 0 unspecified atom stereocenters. The minimum atomic E-state index is 0.970. The second kappa shape index (κ2) is 4.99. The molecule has 2 fully saturated rings. The van der Waals surface area contributed by atoms with Gasteiger partial charge in [0.15, 0.2) is 0 Å². The summed E-state index contributed by atoms with van der Waals surface area (Å²) < 4.78 is 0. The van der Waals surface area contributed by atoms with Gasteiger partial charge in [0.1, 0.15) is 0 Å². The van der Waals surface area contributed by atoms with Crippen LogP contribution < -0.4 is 0 Å². The van der Waals surface area contributed by atoms with Crippen LogP contribution in [0.4, 0.5) is 0 Å². The van der Waals surface area contributed by atoms with Crippen molar-refractivity contribution in [2.45, 2.75) is 63.8 Å². The lowest BCUT2D eigenvalue weighted by molar-refractivity contribution is 0.181. The largest absolute Gasteiger partial charge is 0.300 e. The molecule has 0 amide bonds. The first-order chi connectivity index (χ1) is 6.47. The molecule has 76 valence electrons. The summed E-state index contributed by atoms with van der Waals surface area (Å²) in [5, 5.41) is 0. The first-order valence-electron chi connectivity index (χ1n) is 6.21. The maximum Gasteiger partial charge on any atom is 0.00952 e. The zero-order chi connectivity index (χ0) is 8.93. The van der Waals surface area contributed by atoms with E-state index in [4.69, 9.17) is 0 Å². The molecule has 0 N–H and O–H groups in total. The monoisotopic (exact) mass is 181 g/mol. The highest BCUT2D eigenvalue weighted by Gasteiger charge is 2.22. The normalized spacial score (nSPS) is 28.6. The highest BCUT2D eigenvalue weighted by molar-refractivity contribution is 4.78. The zero-order valence-corrected chi connectivity index (χ0v) is 8.80. The van der Waals surface area contributed by atoms with Crippen molar-refractivity contribution in [3.8, 4) is 0 Å². The Bertz CT molecular complexity index is 130. The first-order valence-corrected chi connectivity index (χ1v) is 6.21. The molecule has 2 aliphatic rings. The minimum Gasteiger partial charge on any atom is -0.300 e. The van der Waals surface area contributed by atoms with Crippen LogP contribution in [0.2, 0.25) is 0 Å². The number of likely N-dealkylation sites (tertiary alicyclic amines) is 1. The summed E-state index contributed by atoms with van der Waals surface area (Å²) in [4.78, 5) is 2.78. The SMILES string of the molecule is C1CCCN(C2CCCC2)CCC1. The molecule has 1 aliphatic heterocycles. The molecule has 0 aromatic carbocycles. The standard InChI is InChI=1S/C12H23N/c1-2-6-10-13(11-7-3-1)12-8-4-5-9-12/h12H,1-11H2. The molecule has 0 atom stereocenters. The fourth-order valence-corrected chi connectivity index (χ4v) is 2.91. The first kappa shape index (κ1) is 9.51. The Kier molecular flexibility index (Phi) is 3.65. The van der Waals surface area contributed by atoms with E-state index in [2.05, 4.69) is 4.90 Å².